The number of halogens is 6. The first kappa shape index (κ1) is 15.2. The van der Waals surface area contributed by atoms with E-state index >= 15 is 0 Å². The molecule has 0 N–H and O–H groups in total. The Balaban J connectivity index is 2.49. The number of benzene rings is 2. The van der Waals surface area contributed by atoms with Crippen LogP contribution in [0.3, 0.4) is 0 Å². The minimum atomic E-state index is -0.556. The SMILES string of the molecule is Fc1cc(C(Br)c2ccc(Cl)cc2Cl)c(F)cc1Br. The van der Waals surface area contributed by atoms with Gasteiger partial charge in [-0.3, -0.25) is 0 Å². The molecule has 0 nitrogen and oxygen atoms in total. The Morgan fingerprint density at radius 2 is 1.63 bits per heavy atom. The number of hydrogen-bond acceptors (Lipinski definition) is 0. The lowest BCUT2D eigenvalue weighted by Gasteiger charge is -2.14. The van der Waals surface area contributed by atoms with E-state index in [0.29, 0.717) is 15.6 Å². The summed E-state index contributed by atoms with van der Waals surface area (Å²) in [6.07, 6.45) is 0. The number of hydrogen-bond donors (Lipinski definition) is 0. The molecule has 19 heavy (non-hydrogen) atoms. The van der Waals surface area contributed by atoms with Gasteiger partial charge in [-0.05, 0) is 45.8 Å². The molecule has 1 unspecified atom stereocenters. The van der Waals surface area contributed by atoms with E-state index in [2.05, 4.69) is 31.9 Å². The molecule has 0 aliphatic carbocycles. The molecular formula is C13H6Br2Cl2F2. The average Bonchev–Trinajstić information content (AvgIpc) is 2.33. The Labute approximate surface area is 136 Å². The Bertz CT molecular complexity index is 632. The molecule has 100 valence electrons. The van der Waals surface area contributed by atoms with Crippen molar-refractivity contribution in [2.45, 2.75) is 4.83 Å². The van der Waals surface area contributed by atoms with Crippen LogP contribution in [-0.4, -0.2) is 0 Å². The highest BCUT2D eigenvalue weighted by atomic mass is 79.9. The molecule has 1 atom stereocenters. The maximum atomic E-state index is 13.9. The van der Waals surface area contributed by atoms with Gasteiger partial charge in [0.25, 0.3) is 0 Å². The highest BCUT2D eigenvalue weighted by Gasteiger charge is 2.19. The number of alkyl halides is 1. The molecule has 0 heterocycles. The minimum absolute atomic E-state index is 0.0793. The summed E-state index contributed by atoms with van der Waals surface area (Å²) >= 11 is 18.1. The van der Waals surface area contributed by atoms with Crippen LogP contribution < -0.4 is 0 Å². The van der Waals surface area contributed by atoms with Crippen LogP contribution in [0.1, 0.15) is 16.0 Å². The maximum absolute atomic E-state index is 13.9. The fourth-order valence-corrected chi connectivity index (χ4v) is 3.32. The normalized spacial score (nSPS) is 12.5. The van der Waals surface area contributed by atoms with Gasteiger partial charge in [0, 0.05) is 15.6 Å². The minimum Gasteiger partial charge on any atom is -0.207 e. The van der Waals surface area contributed by atoms with Crippen LogP contribution in [0, 0.1) is 11.6 Å². The third-order valence-electron chi connectivity index (χ3n) is 2.55. The first-order valence-corrected chi connectivity index (χ1v) is 7.60. The topological polar surface area (TPSA) is 0 Å². The summed E-state index contributed by atoms with van der Waals surface area (Å²) in [5.74, 6) is -1.06. The van der Waals surface area contributed by atoms with Crippen molar-refractivity contribution in [1.29, 1.82) is 0 Å². The summed E-state index contributed by atoms with van der Waals surface area (Å²) in [6, 6.07) is 7.08. The van der Waals surface area contributed by atoms with Gasteiger partial charge in [-0.15, -0.1) is 0 Å². The molecule has 0 bridgehead atoms. The van der Waals surface area contributed by atoms with Gasteiger partial charge in [-0.2, -0.15) is 0 Å². The lowest BCUT2D eigenvalue weighted by Crippen LogP contribution is -1.99. The molecule has 6 heteroatoms. The van der Waals surface area contributed by atoms with Crippen LogP contribution in [0.5, 0.6) is 0 Å². The van der Waals surface area contributed by atoms with Gasteiger partial charge in [0.1, 0.15) is 11.6 Å². The maximum Gasteiger partial charge on any atom is 0.137 e. The first-order chi connectivity index (χ1) is 8.90. The monoisotopic (exact) mass is 428 g/mol. The first-order valence-electron chi connectivity index (χ1n) is 5.13. The van der Waals surface area contributed by atoms with Crippen LogP contribution in [-0.2, 0) is 0 Å². The lowest BCUT2D eigenvalue weighted by atomic mass is 10.0. The molecule has 2 rings (SSSR count). The summed E-state index contributed by atoms with van der Waals surface area (Å²) in [7, 11) is 0. The molecular weight excluding hydrogens is 425 g/mol. The van der Waals surface area contributed by atoms with Crippen molar-refractivity contribution in [3.8, 4) is 0 Å². The zero-order valence-electron chi connectivity index (χ0n) is 9.23. The van der Waals surface area contributed by atoms with Crippen molar-refractivity contribution in [3.05, 3.63) is 67.6 Å². The standard InChI is InChI=1S/C13H6Br2Cl2F2/c14-9-5-11(18)8(4-12(9)19)13(15)7-2-1-6(16)3-10(7)17/h1-5,13H. The summed E-state index contributed by atoms with van der Waals surface area (Å²) in [5, 5.41) is 0.869. The van der Waals surface area contributed by atoms with Gasteiger partial charge >= 0.3 is 0 Å². The van der Waals surface area contributed by atoms with E-state index in [0.717, 1.165) is 12.1 Å². The molecule has 0 fully saturated rings. The molecule has 0 saturated carbocycles. The summed E-state index contributed by atoms with van der Waals surface area (Å²) in [5.41, 5.74) is 0.789. The Kier molecular flexibility index (Phi) is 4.88. The average molecular weight is 431 g/mol. The second-order valence-corrected chi connectivity index (χ2v) is 6.43. The van der Waals surface area contributed by atoms with E-state index in [1.807, 2.05) is 0 Å². The van der Waals surface area contributed by atoms with Crippen molar-refractivity contribution in [2.24, 2.45) is 0 Å². The van der Waals surface area contributed by atoms with Crippen LogP contribution >= 0.6 is 55.1 Å². The van der Waals surface area contributed by atoms with Crippen LogP contribution in [0.4, 0.5) is 8.78 Å². The smallest absolute Gasteiger partial charge is 0.137 e. The van der Waals surface area contributed by atoms with E-state index in [1.165, 1.54) is 0 Å². The molecule has 0 aliphatic rings. The second kappa shape index (κ2) is 6.08. The molecule has 0 aliphatic heterocycles. The van der Waals surface area contributed by atoms with E-state index in [4.69, 9.17) is 23.2 Å². The largest absolute Gasteiger partial charge is 0.207 e. The summed E-state index contributed by atoms with van der Waals surface area (Å²) in [4.78, 5) is -0.556. The van der Waals surface area contributed by atoms with Crippen molar-refractivity contribution >= 4 is 55.1 Å². The van der Waals surface area contributed by atoms with Gasteiger partial charge < -0.3 is 0 Å². The predicted molar refractivity (Wildman–Crippen MR) is 81.3 cm³/mol. The highest BCUT2D eigenvalue weighted by molar-refractivity contribution is 9.10. The molecule has 0 aromatic heterocycles. The predicted octanol–water partition coefficient (Wildman–Crippen LogP) is 6.52. The molecule has 2 aromatic rings. The molecule has 0 radical (unpaired) electrons. The summed E-state index contributed by atoms with van der Waals surface area (Å²) < 4.78 is 27.5. The van der Waals surface area contributed by atoms with Crippen molar-refractivity contribution in [1.82, 2.24) is 0 Å². The van der Waals surface area contributed by atoms with Gasteiger partial charge in [-0.1, -0.05) is 45.2 Å². The van der Waals surface area contributed by atoms with Crippen molar-refractivity contribution < 1.29 is 8.78 Å². The fourth-order valence-electron chi connectivity index (χ4n) is 1.61. The zero-order chi connectivity index (χ0) is 14.2. The molecule has 0 amide bonds. The zero-order valence-corrected chi connectivity index (χ0v) is 13.9. The third kappa shape index (κ3) is 3.30. The van der Waals surface area contributed by atoms with Crippen LogP contribution in [0.2, 0.25) is 10.0 Å². The van der Waals surface area contributed by atoms with E-state index in [9.17, 15) is 8.78 Å². The second-order valence-electron chi connectivity index (χ2n) is 3.82. The highest BCUT2D eigenvalue weighted by Crippen LogP contribution is 2.38. The van der Waals surface area contributed by atoms with Crippen LogP contribution in [0.15, 0.2) is 34.8 Å². The van der Waals surface area contributed by atoms with Crippen molar-refractivity contribution in [2.75, 3.05) is 0 Å². The third-order valence-corrected chi connectivity index (χ3v) is 4.70. The molecule has 2 aromatic carbocycles. The fraction of sp³-hybridized carbons (Fsp3) is 0.0769. The summed E-state index contributed by atoms with van der Waals surface area (Å²) in [6.45, 7) is 0. The van der Waals surface area contributed by atoms with E-state index in [1.54, 1.807) is 18.2 Å². The Morgan fingerprint density at radius 3 is 2.26 bits per heavy atom. The molecule has 0 spiro atoms. The molecule has 0 saturated heterocycles. The Hall–Kier alpha value is -0.160. The van der Waals surface area contributed by atoms with Gasteiger partial charge in [0.2, 0.25) is 0 Å². The quantitative estimate of drug-likeness (QED) is 0.376. The lowest BCUT2D eigenvalue weighted by molar-refractivity contribution is 0.583. The van der Waals surface area contributed by atoms with Crippen molar-refractivity contribution in [3.63, 3.8) is 0 Å². The van der Waals surface area contributed by atoms with Gasteiger partial charge in [0.05, 0.1) is 9.30 Å². The van der Waals surface area contributed by atoms with Gasteiger partial charge in [0.15, 0.2) is 0 Å². The Morgan fingerprint density at radius 1 is 0.947 bits per heavy atom. The van der Waals surface area contributed by atoms with Crippen LogP contribution in [0.25, 0.3) is 0 Å². The number of rotatable bonds is 2. The van der Waals surface area contributed by atoms with Gasteiger partial charge in [-0.25, -0.2) is 8.78 Å². The van der Waals surface area contributed by atoms with E-state index in [-0.39, 0.29) is 10.0 Å². The van der Waals surface area contributed by atoms with E-state index < -0.39 is 16.5 Å².